The maximum absolute atomic E-state index is 11.0. The van der Waals surface area contributed by atoms with E-state index in [0.29, 0.717) is 251 Å². The largest absolute Gasteiger partial charge is 1.00 e. The Morgan fingerprint density at radius 2 is 0.456 bits per heavy atom. The molecule has 0 radical (unpaired) electrons. The van der Waals surface area contributed by atoms with Crippen LogP contribution < -0.4 is 29.6 Å². The van der Waals surface area contributed by atoms with E-state index in [9.17, 15) is 13.0 Å². The molecular formula is C64H129NaO24S. The minimum absolute atomic E-state index is 0. The fourth-order valence-corrected chi connectivity index (χ4v) is 8.77. The molecule has 26 heteroatoms. The molecule has 2 unspecified atom stereocenters. The second kappa shape index (κ2) is 81.5. The van der Waals surface area contributed by atoms with E-state index in [1.165, 1.54) is 83.5 Å². The molecule has 0 fully saturated rings. The first kappa shape index (κ1) is 92.1. The minimum atomic E-state index is -4.24. The monoisotopic (exact) mass is 1340 g/mol. The van der Waals surface area contributed by atoms with E-state index in [1.54, 1.807) is 7.11 Å². The topological polar surface area (TPSA) is 251 Å². The van der Waals surface area contributed by atoms with Gasteiger partial charge in [0.05, 0.1) is 273 Å². The molecule has 90 heavy (non-hydrogen) atoms. The smallest absolute Gasteiger partial charge is 0.748 e. The first-order valence-corrected chi connectivity index (χ1v) is 35.6. The van der Waals surface area contributed by atoms with Gasteiger partial charge in [-0.2, -0.15) is 0 Å². The van der Waals surface area contributed by atoms with E-state index in [0.717, 1.165) is 32.1 Å². The van der Waals surface area contributed by atoms with Gasteiger partial charge < -0.3 is 104 Å². The minimum Gasteiger partial charge on any atom is -0.748 e. The molecule has 0 aliphatic heterocycles. The summed E-state index contributed by atoms with van der Waals surface area (Å²) in [6.45, 7) is 23.2. The predicted octanol–water partition coefficient (Wildman–Crippen LogP) is 4.70. The number of hydrogen-bond donors (Lipinski definition) is 0. The van der Waals surface area contributed by atoms with Gasteiger partial charge in [0.2, 0.25) is 0 Å². The van der Waals surface area contributed by atoms with Crippen LogP contribution in [0, 0.1) is 0 Å². The number of unbranched alkanes of at least 4 members (excludes halogenated alkanes) is 14. The van der Waals surface area contributed by atoms with E-state index in [2.05, 4.69) is 13.8 Å². The summed E-state index contributed by atoms with van der Waals surface area (Å²) in [4.78, 5) is 0. The van der Waals surface area contributed by atoms with Crippen LogP contribution in [0.2, 0.25) is 0 Å². The van der Waals surface area contributed by atoms with Crippen molar-refractivity contribution in [2.24, 2.45) is 0 Å². The third-order valence-electron chi connectivity index (χ3n) is 13.2. The van der Waals surface area contributed by atoms with E-state index in [4.69, 9.17) is 99.5 Å². The number of ether oxygens (including phenoxy) is 21. The van der Waals surface area contributed by atoms with Gasteiger partial charge in [0.1, 0.15) is 0 Å². The van der Waals surface area contributed by atoms with Crippen molar-refractivity contribution in [3.05, 3.63) is 0 Å². The Kier molecular flexibility index (Phi) is 83.4. The maximum atomic E-state index is 11.0. The summed E-state index contributed by atoms with van der Waals surface area (Å²) in [6.07, 6.45) is 21.7. The van der Waals surface area contributed by atoms with Crippen molar-refractivity contribution < 1.29 is 142 Å². The zero-order chi connectivity index (χ0) is 64.2. The van der Waals surface area contributed by atoms with E-state index >= 15 is 0 Å². The molecule has 0 N–H and O–H groups in total. The summed E-state index contributed by atoms with van der Waals surface area (Å²) < 4.78 is 151. The van der Waals surface area contributed by atoms with Gasteiger partial charge >= 0.3 is 29.6 Å². The molecule has 0 saturated heterocycles. The number of methoxy groups -OCH3 is 1. The third-order valence-corrected chi connectivity index (χ3v) is 14.0. The molecule has 0 aliphatic rings. The molecule has 0 bridgehead atoms. The predicted molar refractivity (Wildman–Crippen MR) is 340 cm³/mol. The van der Waals surface area contributed by atoms with Crippen LogP contribution in [-0.2, 0) is 110 Å². The van der Waals surface area contributed by atoms with Crippen LogP contribution in [0.25, 0.3) is 0 Å². The standard InChI is InChI=1S/C64H130O24S.Na/c1-4-6-8-10-12-14-16-18-21-63(61-85-23-20-60-89(65,66)67)87-58-56-84-57-59-88-64(22-19-17-15-13-11-9-7-5-2)62-86-55-54-83-53-52-82-51-50-81-49-48-80-47-46-79-45-44-78-43-42-77-41-40-76-39-38-75-37-36-74-35-34-73-33-32-72-31-30-71-29-28-70-27-26-69-25-24-68-3;/h63-64H,4-62H2,1-3H3,(H,65,66,67);/q;+1/p-1. The first-order chi connectivity index (χ1) is 43.9. The van der Waals surface area contributed by atoms with Gasteiger partial charge in [-0.25, -0.2) is 8.42 Å². The van der Waals surface area contributed by atoms with Crippen LogP contribution in [0.1, 0.15) is 136 Å². The average molecular weight is 1340 g/mol. The van der Waals surface area contributed by atoms with Crippen molar-refractivity contribution in [1.82, 2.24) is 0 Å². The molecule has 0 rings (SSSR count). The van der Waals surface area contributed by atoms with Gasteiger partial charge in [0, 0.05) is 19.5 Å². The Hall–Kier alpha value is 0.0700. The summed E-state index contributed by atoms with van der Waals surface area (Å²) in [7, 11) is -2.60. The van der Waals surface area contributed by atoms with Gasteiger partial charge in [-0.3, -0.25) is 0 Å². The Balaban J connectivity index is 0. The molecule has 0 spiro atoms. The van der Waals surface area contributed by atoms with Gasteiger partial charge in [0.15, 0.2) is 0 Å². The number of rotatable bonds is 82. The summed E-state index contributed by atoms with van der Waals surface area (Å²) in [6, 6.07) is 0. The van der Waals surface area contributed by atoms with Crippen LogP contribution in [0.3, 0.4) is 0 Å². The summed E-state index contributed by atoms with van der Waals surface area (Å²) in [5.41, 5.74) is 0. The normalized spacial score (nSPS) is 12.6. The quantitative estimate of drug-likeness (QED) is 0.0454. The van der Waals surface area contributed by atoms with Gasteiger partial charge in [0.25, 0.3) is 0 Å². The fraction of sp³-hybridized carbons (Fsp3) is 1.00. The molecule has 24 nitrogen and oxygen atoms in total. The van der Waals surface area contributed by atoms with Crippen LogP contribution >= 0.6 is 0 Å². The average Bonchev–Trinajstić information content (AvgIpc) is 3.57. The Bertz CT molecular complexity index is 1410. The van der Waals surface area contributed by atoms with Crippen molar-refractivity contribution in [3.63, 3.8) is 0 Å². The Labute approximate surface area is 567 Å². The Morgan fingerprint density at radius 3 is 0.689 bits per heavy atom. The summed E-state index contributed by atoms with van der Waals surface area (Å²) in [5, 5.41) is 0. The van der Waals surface area contributed by atoms with Crippen molar-refractivity contribution in [2.75, 3.05) is 271 Å². The van der Waals surface area contributed by atoms with Crippen LogP contribution in [-0.4, -0.2) is 296 Å². The molecule has 0 saturated carbocycles. The second-order valence-corrected chi connectivity index (χ2v) is 22.6. The van der Waals surface area contributed by atoms with Crippen LogP contribution in [0.15, 0.2) is 0 Å². The molecular weight excluding hydrogens is 1210 g/mol. The zero-order valence-corrected chi connectivity index (χ0v) is 59.9. The van der Waals surface area contributed by atoms with Gasteiger partial charge in [-0.15, -0.1) is 0 Å². The number of hydrogen-bond acceptors (Lipinski definition) is 24. The van der Waals surface area contributed by atoms with E-state index in [1.807, 2.05) is 0 Å². The molecule has 0 aromatic heterocycles. The SMILES string of the molecule is CCCCCCCCCCC(COCCCS(=O)(=O)[O-])OCCOCCOC(CCCCCCCCCC)COCCOCCOCCOCCOCCOCCOCCOCCOCCOCCOCCOCCOCCOCCOCCOCCOC.[Na+]. The molecule has 0 amide bonds. The molecule has 0 aromatic carbocycles. The molecule has 0 heterocycles. The maximum Gasteiger partial charge on any atom is 1.00 e. The summed E-state index contributed by atoms with van der Waals surface area (Å²) >= 11 is 0. The molecule has 536 valence electrons. The molecule has 0 aliphatic carbocycles. The van der Waals surface area contributed by atoms with E-state index in [-0.39, 0.29) is 54.8 Å². The second-order valence-electron chi connectivity index (χ2n) is 21.1. The van der Waals surface area contributed by atoms with Crippen molar-refractivity contribution in [2.45, 2.75) is 148 Å². The van der Waals surface area contributed by atoms with Crippen molar-refractivity contribution in [1.29, 1.82) is 0 Å². The third kappa shape index (κ3) is 82.3. The van der Waals surface area contributed by atoms with Crippen molar-refractivity contribution in [3.8, 4) is 0 Å². The van der Waals surface area contributed by atoms with Gasteiger partial charge in [-0.05, 0) is 19.3 Å². The van der Waals surface area contributed by atoms with Crippen LogP contribution in [0.4, 0.5) is 0 Å². The van der Waals surface area contributed by atoms with E-state index < -0.39 is 15.9 Å². The zero-order valence-electron chi connectivity index (χ0n) is 57.1. The first-order valence-electron chi connectivity index (χ1n) is 34.0. The van der Waals surface area contributed by atoms with Gasteiger partial charge in [-0.1, -0.05) is 117 Å². The van der Waals surface area contributed by atoms with Crippen molar-refractivity contribution >= 4 is 10.1 Å². The molecule has 0 aromatic rings. The fourth-order valence-electron chi connectivity index (χ4n) is 8.30. The summed E-state index contributed by atoms with van der Waals surface area (Å²) in [5.74, 6) is -0.418. The van der Waals surface area contributed by atoms with Crippen LogP contribution in [0.5, 0.6) is 0 Å². The molecule has 2 atom stereocenters. The Morgan fingerprint density at radius 1 is 0.256 bits per heavy atom.